The van der Waals surface area contributed by atoms with Gasteiger partial charge in [-0.05, 0) is 49.8 Å². The Morgan fingerprint density at radius 1 is 1.07 bits per heavy atom. The standard InChI is InChI=1S/C24H27N3O/c1-15-8-11-20-21(12-15)27(2)23(16-6-4-3-5-7-16)22(20)24(28)26-19-13-17-9-10-18(14-19)25-17/h3-8,11-12,17-19,25H,9-10,13-14H2,1-2H3,(H,26,28)/t17-,18+,19?. The first-order valence-electron chi connectivity index (χ1n) is 10.3. The topological polar surface area (TPSA) is 46.1 Å². The van der Waals surface area contributed by atoms with Crippen molar-refractivity contribution in [2.75, 3.05) is 0 Å². The van der Waals surface area contributed by atoms with E-state index in [4.69, 9.17) is 0 Å². The SMILES string of the molecule is Cc1ccc2c(C(=O)NC3C[C@H]4CC[C@@H](C3)N4)c(-c3ccccc3)n(C)c2c1. The second-order valence-electron chi connectivity index (χ2n) is 8.45. The molecule has 2 bridgehead atoms. The van der Waals surface area contributed by atoms with Gasteiger partial charge in [-0.3, -0.25) is 4.79 Å². The van der Waals surface area contributed by atoms with Crippen molar-refractivity contribution in [3.05, 3.63) is 59.7 Å². The van der Waals surface area contributed by atoms with Gasteiger partial charge in [-0.15, -0.1) is 0 Å². The van der Waals surface area contributed by atoms with E-state index in [0.717, 1.165) is 40.6 Å². The minimum absolute atomic E-state index is 0.0552. The summed E-state index contributed by atoms with van der Waals surface area (Å²) in [4.78, 5) is 13.5. The summed E-state index contributed by atoms with van der Waals surface area (Å²) >= 11 is 0. The number of nitrogens with zero attached hydrogens (tertiary/aromatic N) is 1. The van der Waals surface area contributed by atoms with E-state index >= 15 is 0 Å². The minimum Gasteiger partial charge on any atom is -0.349 e. The van der Waals surface area contributed by atoms with E-state index < -0.39 is 0 Å². The lowest BCUT2D eigenvalue weighted by atomic mass is 9.98. The number of rotatable bonds is 3. The van der Waals surface area contributed by atoms with Gasteiger partial charge in [0.2, 0.25) is 0 Å². The van der Waals surface area contributed by atoms with Crippen LogP contribution in [0.25, 0.3) is 22.2 Å². The number of aryl methyl sites for hydroxylation is 2. The molecule has 2 fully saturated rings. The maximum absolute atomic E-state index is 13.5. The van der Waals surface area contributed by atoms with Crippen molar-refractivity contribution >= 4 is 16.8 Å². The summed E-state index contributed by atoms with van der Waals surface area (Å²) < 4.78 is 2.17. The van der Waals surface area contributed by atoms with E-state index in [1.165, 1.54) is 18.4 Å². The molecule has 0 saturated carbocycles. The number of benzene rings is 2. The second-order valence-corrected chi connectivity index (χ2v) is 8.45. The van der Waals surface area contributed by atoms with Crippen LogP contribution in [0.1, 0.15) is 41.6 Å². The molecular formula is C24H27N3O. The molecule has 1 amide bonds. The van der Waals surface area contributed by atoms with Crippen LogP contribution in [0.2, 0.25) is 0 Å². The van der Waals surface area contributed by atoms with Crippen LogP contribution < -0.4 is 10.6 Å². The molecule has 2 aromatic carbocycles. The number of fused-ring (bicyclic) bond motifs is 3. The fourth-order valence-corrected chi connectivity index (χ4v) is 5.14. The number of piperidine rings is 1. The lowest BCUT2D eigenvalue weighted by Gasteiger charge is -2.29. The highest BCUT2D eigenvalue weighted by Crippen LogP contribution is 2.34. The first-order chi connectivity index (χ1) is 13.6. The Balaban J connectivity index is 1.58. The molecule has 1 aromatic heterocycles. The molecule has 0 spiro atoms. The molecule has 4 nitrogen and oxygen atoms in total. The van der Waals surface area contributed by atoms with E-state index in [0.29, 0.717) is 12.1 Å². The monoisotopic (exact) mass is 373 g/mol. The van der Waals surface area contributed by atoms with Crippen molar-refractivity contribution in [3.63, 3.8) is 0 Å². The second kappa shape index (κ2) is 6.78. The molecule has 5 rings (SSSR count). The molecule has 28 heavy (non-hydrogen) atoms. The Bertz CT molecular complexity index is 1020. The van der Waals surface area contributed by atoms with Crippen molar-refractivity contribution < 1.29 is 4.79 Å². The van der Waals surface area contributed by atoms with E-state index in [2.05, 4.69) is 59.5 Å². The number of aromatic nitrogens is 1. The molecule has 0 aliphatic carbocycles. The molecule has 3 aromatic rings. The molecule has 0 radical (unpaired) electrons. The van der Waals surface area contributed by atoms with Gasteiger partial charge < -0.3 is 15.2 Å². The van der Waals surface area contributed by atoms with Crippen molar-refractivity contribution in [1.82, 2.24) is 15.2 Å². The highest BCUT2D eigenvalue weighted by atomic mass is 16.1. The first kappa shape index (κ1) is 17.5. The predicted octanol–water partition coefficient (Wildman–Crippen LogP) is 4.17. The Morgan fingerprint density at radius 2 is 1.79 bits per heavy atom. The number of amides is 1. The Hall–Kier alpha value is -2.59. The van der Waals surface area contributed by atoms with Crippen LogP contribution in [-0.2, 0) is 7.05 Å². The molecule has 4 heteroatoms. The zero-order chi connectivity index (χ0) is 19.3. The van der Waals surface area contributed by atoms with Crippen LogP contribution >= 0.6 is 0 Å². The van der Waals surface area contributed by atoms with Gasteiger partial charge in [-0.25, -0.2) is 0 Å². The van der Waals surface area contributed by atoms with Crippen molar-refractivity contribution in [2.24, 2.45) is 7.05 Å². The quantitative estimate of drug-likeness (QED) is 0.724. The van der Waals surface area contributed by atoms with Crippen molar-refractivity contribution in [2.45, 2.75) is 50.7 Å². The number of hydrogen-bond donors (Lipinski definition) is 2. The molecule has 2 aliphatic heterocycles. The van der Waals surface area contributed by atoms with Gasteiger partial charge in [-0.2, -0.15) is 0 Å². The van der Waals surface area contributed by atoms with Crippen LogP contribution in [0, 0.1) is 6.92 Å². The summed E-state index contributed by atoms with van der Waals surface area (Å²) in [6, 6.07) is 18.0. The number of carbonyl (C=O) groups is 1. The third-order valence-electron chi connectivity index (χ3n) is 6.44. The third-order valence-corrected chi connectivity index (χ3v) is 6.44. The van der Waals surface area contributed by atoms with Crippen LogP contribution in [0.4, 0.5) is 0 Å². The third kappa shape index (κ3) is 2.92. The average molecular weight is 374 g/mol. The molecule has 2 saturated heterocycles. The highest BCUT2D eigenvalue weighted by molar-refractivity contribution is 6.13. The molecule has 2 aliphatic rings. The number of nitrogens with one attached hydrogen (secondary N) is 2. The number of carbonyl (C=O) groups excluding carboxylic acids is 1. The molecule has 2 N–H and O–H groups in total. The van der Waals surface area contributed by atoms with Gasteiger partial charge in [0.25, 0.3) is 5.91 Å². The van der Waals surface area contributed by atoms with Gasteiger partial charge in [0, 0.05) is 36.1 Å². The summed E-state index contributed by atoms with van der Waals surface area (Å²) in [6.07, 6.45) is 4.54. The van der Waals surface area contributed by atoms with Crippen molar-refractivity contribution in [1.29, 1.82) is 0 Å². The normalized spacial score (nSPS) is 23.9. The van der Waals surface area contributed by atoms with Gasteiger partial charge >= 0.3 is 0 Å². The summed E-state index contributed by atoms with van der Waals surface area (Å²) in [5, 5.41) is 8.06. The zero-order valence-corrected chi connectivity index (χ0v) is 16.5. The smallest absolute Gasteiger partial charge is 0.254 e. The fourth-order valence-electron chi connectivity index (χ4n) is 5.14. The fraction of sp³-hybridized carbons (Fsp3) is 0.375. The van der Waals surface area contributed by atoms with Crippen LogP contribution in [0.5, 0.6) is 0 Å². The minimum atomic E-state index is 0.0552. The molecule has 3 atom stereocenters. The molecule has 1 unspecified atom stereocenters. The molecule has 144 valence electrons. The number of hydrogen-bond acceptors (Lipinski definition) is 2. The van der Waals surface area contributed by atoms with Gasteiger partial charge in [-0.1, -0.05) is 42.5 Å². The maximum Gasteiger partial charge on any atom is 0.254 e. The van der Waals surface area contributed by atoms with E-state index in [1.54, 1.807) is 0 Å². The highest BCUT2D eigenvalue weighted by Gasteiger charge is 2.35. The van der Waals surface area contributed by atoms with E-state index in [9.17, 15) is 4.79 Å². The lowest BCUT2D eigenvalue weighted by Crippen LogP contribution is -2.48. The van der Waals surface area contributed by atoms with E-state index in [1.807, 2.05) is 18.2 Å². The molecule has 3 heterocycles. The summed E-state index contributed by atoms with van der Waals surface area (Å²) in [5.41, 5.74) is 5.18. The summed E-state index contributed by atoms with van der Waals surface area (Å²) in [6.45, 7) is 2.10. The van der Waals surface area contributed by atoms with Gasteiger partial charge in [0.1, 0.15) is 0 Å². The molecular weight excluding hydrogens is 346 g/mol. The largest absolute Gasteiger partial charge is 0.349 e. The Morgan fingerprint density at radius 3 is 2.50 bits per heavy atom. The summed E-state index contributed by atoms with van der Waals surface area (Å²) in [5.74, 6) is 0.0552. The Labute approximate surface area is 165 Å². The van der Waals surface area contributed by atoms with Crippen LogP contribution in [-0.4, -0.2) is 28.6 Å². The first-order valence-corrected chi connectivity index (χ1v) is 10.3. The lowest BCUT2D eigenvalue weighted by molar-refractivity contribution is 0.0926. The van der Waals surface area contributed by atoms with E-state index in [-0.39, 0.29) is 11.9 Å². The van der Waals surface area contributed by atoms with Gasteiger partial charge in [0.05, 0.1) is 11.3 Å². The Kier molecular flexibility index (Phi) is 4.24. The van der Waals surface area contributed by atoms with Crippen LogP contribution in [0.15, 0.2) is 48.5 Å². The van der Waals surface area contributed by atoms with Crippen molar-refractivity contribution in [3.8, 4) is 11.3 Å². The van der Waals surface area contributed by atoms with Crippen LogP contribution in [0.3, 0.4) is 0 Å². The summed E-state index contributed by atoms with van der Waals surface area (Å²) in [7, 11) is 2.06. The maximum atomic E-state index is 13.5. The zero-order valence-electron chi connectivity index (χ0n) is 16.5. The predicted molar refractivity (Wildman–Crippen MR) is 114 cm³/mol. The average Bonchev–Trinajstić information content (AvgIpc) is 3.18. The van der Waals surface area contributed by atoms with Gasteiger partial charge in [0.15, 0.2) is 0 Å².